The van der Waals surface area contributed by atoms with Crippen molar-refractivity contribution in [3.63, 3.8) is 0 Å². The normalized spacial score (nSPS) is 11.0. The summed E-state index contributed by atoms with van der Waals surface area (Å²) in [6.07, 6.45) is -0.464. The molecule has 1 amide bonds. The van der Waals surface area contributed by atoms with Crippen LogP contribution in [0.5, 0.6) is 0 Å². The number of nitrogens with one attached hydrogen (secondary N) is 2. The van der Waals surface area contributed by atoms with E-state index in [-0.39, 0.29) is 0 Å². The largest absolute Gasteiger partial charge is 0.448 e. The van der Waals surface area contributed by atoms with Gasteiger partial charge in [-0.3, -0.25) is 5.32 Å². The van der Waals surface area contributed by atoms with E-state index >= 15 is 0 Å². The predicted octanol–water partition coefficient (Wildman–Crippen LogP) is 7.47. The maximum Gasteiger partial charge on any atom is 0.411 e. The van der Waals surface area contributed by atoms with E-state index < -0.39 is 6.09 Å². The molecule has 4 aromatic rings. The number of ether oxygens (including phenoxy) is 1. The lowest BCUT2D eigenvalue weighted by Gasteiger charge is -2.12. The molecule has 2 N–H and O–H groups in total. The minimum Gasteiger partial charge on any atom is -0.448 e. The molecule has 1 aromatic heterocycles. The minimum atomic E-state index is -0.464. The Balaban J connectivity index is 1.26. The predicted molar refractivity (Wildman–Crippen MR) is 139 cm³/mol. The van der Waals surface area contributed by atoms with Gasteiger partial charge in [-0.05, 0) is 66.9 Å². The second kappa shape index (κ2) is 11.0. The van der Waals surface area contributed by atoms with Crippen LogP contribution in [0.4, 0.5) is 10.5 Å². The second-order valence-corrected chi connectivity index (χ2v) is 9.99. The number of anilines is 1. The topological polar surface area (TPSA) is 67.0 Å². The third-order valence-corrected chi connectivity index (χ3v) is 7.41. The zero-order valence-corrected chi connectivity index (χ0v) is 20.7. The molecule has 0 saturated heterocycles. The summed E-state index contributed by atoms with van der Waals surface area (Å²) in [6, 6.07) is 19.7. The number of hydrogen-bond donors (Lipinski definition) is 2. The summed E-state index contributed by atoms with van der Waals surface area (Å²) in [4.78, 5) is 21.3. The van der Waals surface area contributed by atoms with Gasteiger partial charge in [-0.1, -0.05) is 47.6 Å². The summed E-state index contributed by atoms with van der Waals surface area (Å²) in [5.41, 5.74) is 6.13. The van der Waals surface area contributed by atoms with Gasteiger partial charge in [0, 0.05) is 27.1 Å². The van der Waals surface area contributed by atoms with Crippen LogP contribution < -0.4 is 5.32 Å². The molecule has 4 rings (SSSR count). The molecule has 0 radical (unpaired) electrons. The maximum atomic E-state index is 12.1. The number of aromatic amines is 1. The highest BCUT2D eigenvalue weighted by molar-refractivity contribution is 7.99. The van der Waals surface area contributed by atoms with Crippen molar-refractivity contribution >= 4 is 57.9 Å². The molecule has 0 aliphatic heterocycles. The van der Waals surface area contributed by atoms with Gasteiger partial charge in [-0.15, -0.1) is 11.8 Å². The van der Waals surface area contributed by atoms with Crippen molar-refractivity contribution in [3.8, 4) is 0 Å². The number of imidazole rings is 1. The molecule has 8 heteroatoms. The zero-order chi connectivity index (χ0) is 23.2. The standard InChI is InChI=1S/C25H24ClN3O2S2/c1-16-14-19(26)10-11-20(16)29-25(30)31-12-13-32-23-9-5-6-18(17(23)2)15-33-24-27-21-7-3-4-8-22(21)28-24/h3-11,14H,12-13,15H2,1-2H3,(H,27,28)(H,29,30). The van der Waals surface area contributed by atoms with Crippen LogP contribution in [-0.2, 0) is 10.5 Å². The van der Waals surface area contributed by atoms with Crippen molar-refractivity contribution in [3.05, 3.63) is 82.4 Å². The Hall–Kier alpha value is -2.61. The van der Waals surface area contributed by atoms with E-state index in [1.807, 2.05) is 31.2 Å². The first-order chi connectivity index (χ1) is 16.0. The van der Waals surface area contributed by atoms with Crippen molar-refractivity contribution in [1.29, 1.82) is 0 Å². The lowest BCUT2D eigenvalue weighted by atomic mass is 10.1. The van der Waals surface area contributed by atoms with Gasteiger partial charge in [0.25, 0.3) is 0 Å². The second-order valence-electron chi connectivity index (χ2n) is 7.46. The number of fused-ring (bicyclic) bond motifs is 1. The Morgan fingerprint density at radius 1 is 1.09 bits per heavy atom. The number of carbonyl (C=O) groups is 1. The molecule has 0 spiro atoms. The number of benzene rings is 3. The summed E-state index contributed by atoms with van der Waals surface area (Å²) in [5, 5.41) is 4.31. The van der Waals surface area contributed by atoms with E-state index in [0.717, 1.165) is 27.5 Å². The van der Waals surface area contributed by atoms with Crippen molar-refractivity contribution in [1.82, 2.24) is 9.97 Å². The summed E-state index contributed by atoms with van der Waals surface area (Å²) in [5.74, 6) is 1.51. The quantitative estimate of drug-likeness (QED) is 0.195. The highest BCUT2D eigenvalue weighted by atomic mass is 35.5. The fourth-order valence-electron chi connectivity index (χ4n) is 3.32. The van der Waals surface area contributed by atoms with Crippen LogP contribution in [0.15, 0.2) is 70.7 Å². The van der Waals surface area contributed by atoms with Crippen LogP contribution in [-0.4, -0.2) is 28.4 Å². The molecule has 0 unspecified atom stereocenters. The summed E-state index contributed by atoms with van der Waals surface area (Å²) < 4.78 is 5.34. The average molecular weight is 498 g/mol. The van der Waals surface area contributed by atoms with Crippen LogP contribution >= 0.6 is 35.1 Å². The number of aromatic nitrogens is 2. The SMILES string of the molecule is Cc1cc(Cl)ccc1NC(=O)OCCSc1cccc(CSc2nc3ccccc3[nH]2)c1C. The number of nitrogens with zero attached hydrogens (tertiary/aromatic N) is 1. The third-order valence-electron chi connectivity index (χ3n) is 5.13. The van der Waals surface area contributed by atoms with E-state index in [0.29, 0.717) is 23.1 Å². The lowest BCUT2D eigenvalue weighted by molar-refractivity contribution is 0.169. The Bertz CT molecular complexity index is 1240. The molecule has 5 nitrogen and oxygen atoms in total. The fourth-order valence-corrected chi connectivity index (χ4v) is 5.40. The number of H-pyrrole nitrogens is 1. The molecule has 0 aliphatic rings. The van der Waals surface area contributed by atoms with E-state index in [2.05, 4.69) is 40.4 Å². The van der Waals surface area contributed by atoms with Crippen molar-refractivity contribution in [2.75, 3.05) is 17.7 Å². The molecule has 0 saturated carbocycles. The number of hydrogen-bond acceptors (Lipinski definition) is 5. The van der Waals surface area contributed by atoms with Crippen molar-refractivity contribution < 1.29 is 9.53 Å². The number of carbonyl (C=O) groups excluding carboxylic acids is 1. The van der Waals surface area contributed by atoms with Gasteiger partial charge in [0.2, 0.25) is 0 Å². The highest BCUT2D eigenvalue weighted by Crippen LogP contribution is 2.29. The van der Waals surface area contributed by atoms with Crippen LogP contribution in [0.25, 0.3) is 11.0 Å². The number of amides is 1. The molecule has 0 atom stereocenters. The maximum absolute atomic E-state index is 12.1. The summed E-state index contributed by atoms with van der Waals surface area (Å²) in [6.45, 7) is 4.34. The summed E-state index contributed by atoms with van der Waals surface area (Å²) in [7, 11) is 0. The van der Waals surface area contributed by atoms with E-state index in [9.17, 15) is 4.79 Å². The van der Waals surface area contributed by atoms with Gasteiger partial charge < -0.3 is 9.72 Å². The molecule has 1 heterocycles. The zero-order valence-electron chi connectivity index (χ0n) is 18.4. The van der Waals surface area contributed by atoms with E-state index in [1.165, 1.54) is 16.0 Å². The molecule has 170 valence electrons. The Kier molecular flexibility index (Phi) is 7.85. The smallest absolute Gasteiger partial charge is 0.411 e. The third kappa shape index (κ3) is 6.25. The number of thioether (sulfide) groups is 2. The van der Waals surface area contributed by atoms with Crippen LogP contribution in [0.3, 0.4) is 0 Å². The Morgan fingerprint density at radius 3 is 2.76 bits per heavy atom. The summed E-state index contributed by atoms with van der Waals surface area (Å²) >= 11 is 9.33. The molecular formula is C25H24ClN3O2S2. The number of rotatable bonds is 8. The molecule has 33 heavy (non-hydrogen) atoms. The van der Waals surface area contributed by atoms with Gasteiger partial charge in [0.05, 0.1) is 11.0 Å². The monoisotopic (exact) mass is 497 g/mol. The first-order valence-corrected chi connectivity index (χ1v) is 12.8. The Morgan fingerprint density at radius 2 is 1.94 bits per heavy atom. The first kappa shape index (κ1) is 23.5. The van der Waals surface area contributed by atoms with Gasteiger partial charge in [0.1, 0.15) is 6.61 Å². The van der Waals surface area contributed by atoms with Crippen LogP contribution in [0.1, 0.15) is 16.7 Å². The van der Waals surface area contributed by atoms with Gasteiger partial charge >= 0.3 is 6.09 Å². The fraction of sp³-hybridized carbons (Fsp3) is 0.200. The highest BCUT2D eigenvalue weighted by Gasteiger charge is 2.09. The van der Waals surface area contributed by atoms with Crippen LogP contribution in [0.2, 0.25) is 5.02 Å². The van der Waals surface area contributed by atoms with Gasteiger partial charge in [-0.25, -0.2) is 9.78 Å². The number of halogens is 1. The molecule has 0 aliphatic carbocycles. The molecule has 0 fully saturated rings. The van der Waals surface area contributed by atoms with Crippen molar-refractivity contribution in [2.24, 2.45) is 0 Å². The van der Waals surface area contributed by atoms with Gasteiger partial charge in [-0.2, -0.15) is 0 Å². The van der Waals surface area contributed by atoms with Gasteiger partial charge in [0.15, 0.2) is 5.16 Å². The number of para-hydroxylation sites is 2. The first-order valence-electron chi connectivity index (χ1n) is 10.5. The van der Waals surface area contributed by atoms with Crippen LogP contribution in [0, 0.1) is 13.8 Å². The Labute approximate surface area is 206 Å². The number of aryl methyl sites for hydroxylation is 1. The van der Waals surface area contributed by atoms with Crippen molar-refractivity contribution in [2.45, 2.75) is 29.7 Å². The molecular weight excluding hydrogens is 474 g/mol. The minimum absolute atomic E-state index is 0.320. The molecule has 3 aromatic carbocycles. The van der Waals surface area contributed by atoms with E-state index in [1.54, 1.807) is 41.7 Å². The molecule has 0 bridgehead atoms. The van der Waals surface area contributed by atoms with E-state index in [4.69, 9.17) is 16.3 Å². The average Bonchev–Trinajstić information content (AvgIpc) is 3.22. The lowest BCUT2D eigenvalue weighted by Crippen LogP contribution is -2.15.